The van der Waals surface area contributed by atoms with Crippen molar-refractivity contribution < 1.29 is 0 Å². The third-order valence-electron chi connectivity index (χ3n) is 2.65. The van der Waals surface area contributed by atoms with Crippen LogP contribution in [0.5, 0.6) is 0 Å². The SMILES string of the molecule is CCc1cnc(CNCc2ccnc(CN)c2)s1. The van der Waals surface area contributed by atoms with E-state index in [2.05, 4.69) is 22.2 Å². The number of pyridine rings is 1. The lowest BCUT2D eigenvalue weighted by Gasteiger charge is -2.04. The Kier molecular flexibility index (Phi) is 4.81. The molecule has 0 amide bonds. The van der Waals surface area contributed by atoms with Gasteiger partial charge in [-0.1, -0.05) is 6.92 Å². The molecule has 0 bridgehead atoms. The van der Waals surface area contributed by atoms with Gasteiger partial charge in [0.05, 0.1) is 5.69 Å². The van der Waals surface area contributed by atoms with Crippen LogP contribution in [-0.4, -0.2) is 9.97 Å². The van der Waals surface area contributed by atoms with E-state index in [0.29, 0.717) is 6.54 Å². The maximum atomic E-state index is 5.57. The smallest absolute Gasteiger partial charge is 0.107 e. The molecule has 3 N–H and O–H groups in total. The molecule has 18 heavy (non-hydrogen) atoms. The van der Waals surface area contributed by atoms with Crippen LogP contribution in [0.15, 0.2) is 24.5 Å². The average molecular weight is 262 g/mol. The number of hydrogen-bond donors (Lipinski definition) is 2. The van der Waals surface area contributed by atoms with Crippen molar-refractivity contribution in [1.82, 2.24) is 15.3 Å². The Morgan fingerprint density at radius 2 is 2.22 bits per heavy atom. The summed E-state index contributed by atoms with van der Waals surface area (Å²) in [6.07, 6.45) is 4.82. The Labute approximate surface area is 111 Å². The Bertz CT molecular complexity index is 495. The summed E-state index contributed by atoms with van der Waals surface area (Å²) in [4.78, 5) is 9.89. The molecule has 0 aromatic carbocycles. The maximum absolute atomic E-state index is 5.57. The van der Waals surface area contributed by atoms with Gasteiger partial charge in [-0.15, -0.1) is 11.3 Å². The highest BCUT2D eigenvalue weighted by Crippen LogP contribution is 2.13. The van der Waals surface area contributed by atoms with Gasteiger partial charge in [0.25, 0.3) is 0 Å². The topological polar surface area (TPSA) is 63.8 Å². The normalized spacial score (nSPS) is 10.8. The van der Waals surface area contributed by atoms with Crippen LogP contribution in [0.2, 0.25) is 0 Å². The molecule has 5 heteroatoms. The third kappa shape index (κ3) is 3.60. The highest BCUT2D eigenvalue weighted by atomic mass is 32.1. The summed E-state index contributed by atoms with van der Waals surface area (Å²) in [6.45, 7) is 4.26. The molecule has 2 heterocycles. The standard InChI is InChI=1S/C13H18N4S/c1-2-12-8-17-13(18-12)9-15-7-10-3-4-16-11(5-10)6-14/h3-5,8,15H,2,6-7,9,14H2,1H3. The average Bonchev–Trinajstić information content (AvgIpc) is 2.87. The zero-order valence-electron chi connectivity index (χ0n) is 10.5. The van der Waals surface area contributed by atoms with E-state index in [1.165, 1.54) is 10.4 Å². The van der Waals surface area contributed by atoms with E-state index in [1.54, 1.807) is 17.5 Å². The lowest BCUT2D eigenvalue weighted by Crippen LogP contribution is -2.13. The van der Waals surface area contributed by atoms with Gasteiger partial charge in [0.15, 0.2) is 0 Å². The van der Waals surface area contributed by atoms with Crippen LogP contribution >= 0.6 is 11.3 Å². The number of nitrogens with two attached hydrogens (primary N) is 1. The summed E-state index contributed by atoms with van der Waals surface area (Å²) in [7, 11) is 0. The minimum absolute atomic E-state index is 0.486. The van der Waals surface area contributed by atoms with Crippen LogP contribution in [-0.2, 0) is 26.1 Å². The molecule has 0 atom stereocenters. The predicted molar refractivity (Wildman–Crippen MR) is 74.2 cm³/mol. The van der Waals surface area contributed by atoms with Crippen molar-refractivity contribution in [3.05, 3.63) is 45.7 Å². The number of aryl methyl sites for hydroxylation is 1. The number of nitrogens with one attached hydrogen (secondary N) is 1. The number of nitrogens with zero attached hydrogens (tertiary/aromatic N) is 2. The summed E-state index contributed by atoms with van der Waals surface area (Å²) in [5.41, 5.74) is 7.70. The van der Waals surface area contributed by atoms with Gasteiger partial charge >= 0.3 is 0 Å². The van der Waals surface area contributed by atoms with E-state index in [9.17, 15) is 0 Å². The molecule has 96 valence electrons. The third-order valence-corrected chi connectivity index (χ3v) is 3.79. The van der Waals surface area contributed by atoms with Gasteiger partial charge in [0, 0.05) is 36.9 Å². The second kappa shape index (κ2) is 6.58. The van der Waals surface area contributed by atoms with Crippen LogP contribution < -0.4 is 11.1 Å². The van der Waals surface area contributed by atoms with Gasteiger partial charge in [0.2, 0.25) is 0 Å². The van der Waals surface area contributed by atoms with Gasteiger partial charge in [-0.2, -0.15) is 0 Å². The molecule has 0 aliphatic rings. The summed E-state index contributed by atoms with van der Waals surface area (Å²) in [6, 6.07) is 4.04. The first kappa shape index (κ1) is 13.1. The van der Waals surface area contributed by atoms with Crippen LogP contribution in [0, 0.1) is 0 Å². The highest BCUT2D eigenvalue weighted by Gasteiger charge is 2.00. The largest absolute Gasteiger partial charge is 0.325 e. The zero-order valence-corrected chi connectivity index (χ0v) is 11.3. The van der Waals surface area contributed by atoms with Crippen LogP contribution in [0.4, 0.5) is 0 Å². The first-order valence-corrected chi connectivity index (χ1v) is 6.91. The van der Waals surface area contributed by atoms with Gasteiger partial charge in [-0.25, -0.2) is 4.98 Å². The number of rotatable bonds is 6. The van der Waals surface area contributed by atoms with Gasteiger partial charge in [-0.05, 0) is 24.1 Å². The van der Waals surface area contributed by atoms with Crippen molar-refractivity contribution in [2.24, 2.45) is 5.73 Å². The van der Waals surface area contributed by atoms with Crippen molar-refractivity contribution in [3.63, 3.8) is 0 Å². The Hall–Kier alpha value is -1.30. The van der Waals surface area contributed by atoms with E-state index in [1.807, 2.05) is 18.3 Å². The summed E-state index contributed by atoms with van der Waals surface area (Å²) in [5.74, 6) is 0. The van der Waals surface area contributed by atoms with E-state index in [4.69, 9.17) is 5.73 Å². The molecule has 0 fully saturated rings. The van der Waals surface area contributed by atoms with Crippen LogP contribution in [0.1, 0.15) is 28.1 Å². The Morgan fingerprint density at radius 3 is 2.94 bits per heavy atom. The zero-order chi connectivity index (χ0) is 12.8. The molecule has 2 aromatic rings. The van der Waals surface area contributed by atoms with Crippen molar-refractivity contribution >= 4 is 11.3 Å². The summed E-state index contributed by atoms with van der Waals surface area (Å²) >= 11 is 1.77. The lowest BCUT2D eigenvalue weighted by atomic mass is 10.2. The molecule has 0 unspecified atom stereocenters. The summed E-state index contributed by atoms with van der Waals surface area (Å²) in [5, 5.41) is 4.52. The maximum Gasteiger partial charge on any atom is 0.107 e. The number of thiazole rings is 1. The van der Waals surface area contributed by atoms with Crippen molar-refractivity contribution in [2.45, 2.75) is 33.0 Å². The van der Waals surface area contributed by atoms with Crippen molar-refractivity contribution in [2.75, 3.05) is 0 Å². The quantitative estimate of drug-likeness (QED) is 0.834. The van der Waals surface area contributed by atoms with E-state index < -0.39 is 0 Å². The van der Waals surface area contributed by atoms with Crippen LogP contribution in [0.25, 0.3) is 0 Å². The molecular formula is C13H18N4S. The molecule has 0 radical (unpaired) electrons. The molecule has 0 aliphatic heterocycles. The molecule has 0 spiro atoms. The summed E-state index contributed by atoms with van der Waals surface area (Å²) < 4.78 is 0. The minimum atomic E-state index is 0.486. The Morgan fingerprint density at radius 1 is 1.33 bits per heavy atom. The Balaban J connectivity index is 1.84. The number of aromatic nitrogens is 2. The van der Waals surface area contributed by atoms with Gasteiger partial charge in [-0.3, -0.25) is 4.98 Å². The van der Waals surface area contributed by atoms with Crippen LogP contribution in [0.3, 0.4) is 0 Å². The molecule has 0 saturated heterocycles. The molecule has 0 saturated carbocycles. The van der Waals surface area contributed by atoms with Crippen molar-refractivity contribution in [3.8, 4) is 0 Å². The fraction of sp³-hybridized carbons (Fsp3) is 0.385. The second-order valence-electron chi connectivity index (χ2n) is 4.04. The second-order valence-corrected chi connectivity index (χ2v) is 5.24. The van der Waals surface area contributed by atoms with E-state index >= 15 is 0 Å². The molecule has 4 nitrogen and oxygen atoms in total. The first-order valence-electron chi connectivity index (χ1n) is 6.10. The fourth-order valence-electron chi connectivity index (χ4n) is 1.66. The van der Waals surface area contributed by atoms with Gasteiger partial charge in [0.1, 0.15) is 5.01 Å². The highest BCUT2D eigenvalue weighted by molar-refractivity contribution is 7.11. The lowest BCUT2D eigenvalue weighted by molar-refractivity contribution is 0.688. The van der Waals surface area contributed by atoms with E-state index in [-0.39, 0.29) is 0 Å². The van der Waals surface area contributed by atoms with Gasteiger partial charge < -0.3 is 11.1 Å². The molecule has 2 rings (SSSR count). The number of hydrogen-bond acceptors (Lipinski definition) is 5. The minimum Gasteiger partial charge on any atom is -0.325 e. The van der Waals surface area contributed by atoms with E-state index in [0.717, 1.165) is 30.2 Å². The molecule has 0 aliphatic carbocycles. The first-order chi connectivity index (χ1) is 8.81. The molecule has 2 aromatic heterocycles. The predicted octanol–water partition coefficient (Wildman–Crippen LogP) is 1.85. The fourth-order valence-corrected chi connectivity index (χ4v) is 2.49. The van der Waals surface area contributed by atoms with Crippen molar-refractivity contribution in [1.29, 1.82) is 0 Å². The monoisotopic (exact) mass is 262 g/mol. The molecular weight excluding hydrogens is 244 g/mol.